The van der Waals surface area contributed by atoms with Gasteiger partial charge in [-0.25, -0.2) is 4.98 Å². The molecule has 23 heavy (non-hydrogen) atoms. The van der Waals surface area contributed by atoms with Gasteiger partial charge in [-0.15, -0.1) is 23.1 Å². The van der Waals surface area contributed by atoms with E-state index in [0.29, 0.717) is 17.3 Å². The normalized spacial score (nSPS) is 14.2. The van der Waals surface area contributed by atoms with Gasteiger partial charge in [0.25, 0.3) is 5.56 Å². The van der Waals surface area contributed by atoms with Crippen molar-refractivity contribution in [1.82, 2.24) is 15.3 Å². The Morgan fingerprint density at radius 1 is 1.39 bits per heavy atom. The summed E-state index contributed by atoms with van der Waals surface area (Å²) in [5, 5.41) is 3.70. The highest BCUT2D eigenvalue weighted by atomic mass is 32.2. The monoisotopic (exact) mass is 351 g/mol. The largest absolute Gasteiger partial charge is 0.351 e. The maximum absolute atomic E-state index is 12.3. The second-order valence-electron chi connectivity index (χ2n) is 6.84. The van der Waals surface area contributed by atoms with E-state index in [-0.39, 0.29) is 17.0 Å². The summed E-state index contributed by atoms with van der Waals surface area (Å²) < 4.78 is 0. The van der Waals surface area contributed by atoms with E-state index in [9.17, 15) is 9.59 Å². The Bertz CT molecular complexity index is 802. The lowest BCUT2D eigenvalue weighted by Gasteiger charge is -2.20. The van der Waals surface area contributed by atoms with E-state index in [1.54, 1.807) is 11.3 Å². The third kappa shape index (κ3) is 3.77. The van der Waals surface area contributed by atoms with Gasteiger partial charge in [0.05, 0.1) is 16.9 Å². The van der Waals surface area contributed by atoms with E-state index >= 15 is 0 Å². The number of rotatable bonds is 4. The fourth-order valence-electron chi connectivity index (χ4n) is 2.81. The number of aromatic nitrogens is 2. The Balaban J connectivity index is 1.68. The quantitative estimate of drug-likeness (QED) is 0.888. The second kappa shape index (κ2) is 6.28. The van der Waals surface area contributed by atoms with E-state index in [0.717, 1.165) is 29.5 Å². The fraction of sp³-hybridized carbons (Fsp3) is 0.562. The van der Waals surface area contributed by atoms with Crippen molar-refractivity contribution in [2.24, 2.45) is 0 Å². The SMILES string of the molecule is CC(C)(C)NC(=O)CSCc1nc2sc3c(c2c(=O)[nH]1)CCC3. The van der Waals surface area contributed by atoms with E-state index in [4.69, 9.17) is 0 Å². The molecular weight excluding hydrogens is 330 g/mol. The van der Waals surface area contributed by atoms with Crippen LogP contribution in [0.4, 0.5) is 0 Å². The van der Waals surface area contributed by atoms with E-state index in [1.165, 1.54) is 22.2 Å². The molecule has 0 fully saturated rings. The predicted molar refractivity (Wildman–Crippen MR) is 96.3 cm³/mol. The molecule has 0 radical (unpaired) electrons. The summed E-state index contributed by atoms with van der Waals surface area (Å²) in [6.07, 6.45) is 3.19. The molecule has 7 heteroatoms. The summed E-state index contributed by atoms with van der Waals surface area (Å²) in [6, 6.07) is 0. The van der Waals surface area contributed by atoms with Crippen molar-refractivity contribution in [2.75, 3.05) is 5.75 Å². The Hall–Kier alpha value is -1.34. The molecule has 0 atom stereocenters. The molecule has 0 aliphatic heterocycles. The topological polar surface area (TPSA) is 74.8 Å². The molecule has 0 spiro atoms. The van der Waals surface area contributed by atoms with Crippen molar-refractivity contribution in [1.29, 1.82) is 0 Å². The van der Waals surface area contributed by atoms with Crippen LogP contribution in [-0.2, 0) is 23.4 Å². The van der Waals surface area contributed by atoms with Crippen LogP contribution in [0.2, 0.25) is 0 Å². The van der Waals surface area contributed by atoms with Crippen LogP contribution in [0.5, 0.6) is 0 Å². The van der Waals surface area contributed by atoms with Crippen molar-refractivity contribution in [3.63, 3.8) is 0 Å². The maximum atomic E-state index is 12.3. The summed E-state index contributed by atoms with van der Waals surface area (Å²) in [5.41, 5.74) is 0.937. The van der Waals surface area contributed by atoms with Gasteiger partial charge in [-0.2, -0.15) is 0 Å². The Kier molecular flexibility index (Phi) is 4.51. The molecular formula is C16H21N3O2S2. The van der Waals surface area contributed by atoms with Gasteiger partial charge in [0, 0.05) is 10.4 Å². The van der Waals surface area contributed by atoms with E-state index in [2.05, 4.69) is 15.3 Å². The van der Waals surface area contributed by atoms with Gasteiger partial charge in [-0.05, 0) is 45.6 Å². The number of H-pyrrole nitrogens is 1. The zero-order chi connectivity index (χ0) is 16.6. The van der Waals surface area contributed by atoms with Crippen molar-refractivity contribution < 1.29 is 4.79 Å². The number of amides is 1. The molecule has 1 aliphatic rings. The highest BCUT2D eigenvalue weighted by molar-refractivity contribution is 7.99. The molecule has 2 aromatic heterocycles. The average Bonchev–Trinajstić information content (AvgIpc) is 2.95. The van der Waals surface area contributed by atoms with Crippen LogP contribution >= 0.6 is 23.1 Å². The van der Waals surface area contributed by atoms with Crippen LogP contribution < -0.4 is 10.9 Å². The lowest BCUT2D eigenvalue weighted by atomic mass is 10.1. The Labute approximate surface area is 143 Å². The number of aryl methyl sites for hydroxylation is 2. The van der Waals surface area contributed by atoms with Crippen molar-refractivity contribution >= 4 is 39.2 Å². The number of nitrogens with one attached hydrogen (secondary N) is 2. The van der Waals surface area contributed by atoms with Gasteiger partial charge in [-0.1, -0.05) is 0 Å². The minimum atomic E-state index is -0.222. The first kappa shape index (κ1) is 16.5. The van der Waals surface area contributed by atoms with Gasteiger partial charge in [-0.3, -0.25) is 9.59 Å². The summed E-state index contributed by atoms with van der Waals surface area (Å²) in [7, 11) is 0. The van der Waals surface area contributed by atoms with Crippen LogP contribution in [-0.4, -0.2) is 27.2 Å². The highest BCUT2D eigenvalue weighted by Crippen LogP contribution is 2.34. The number of thioether (sulfide) groups is 1. The summed E-state index contributed by atoms with van der Waals surface area (Å²) in [6.45, 7) is 5.87. The van der Waals surface area contributed by atoms with Gasteiger partial charge >= 0.3 is 0 Å². The first-order valence-electron chi connectivity index (χ1n) is 7.76. The van der Waals surface area contributed by atoms with Gasteiger partial charge in [0.1, 0.15) is 10.7 Å². The van der Waals surface area contributed by atoms with Crippen LogP contribution in [0.1, 0.15) is 43.5 Å². The molecule has 0 bridgehead atoms. The van der Waals surface area contributed by atoms with Crippen molar-refractivity contribution in [3.8, 4) is 0 Å². The van der Waals surface area contributed by atoms with E-state index in [1.807, 2.05) is 20.8 Å². The number of hydrogen-bond acceptors (Lipinski definition) is 5. The lowest BCUT2D eigenvalue weighted by molar-refractivity contribution is -0.119. The zero-order valence-electron chi connectivity index (χ0n) is 13.6. The lowest BCUT2D eigenvalue weighted by Crippen LogP contribution is -2.41. The number of aromatic amines is 1. The van der Waals surface area contributed by atoms with Crippen LogP contribution in [0, 0.1) is 0 Å². The number of carbonyl (C=O) groups is 1. The fourth-order valence-corrected chi connectivity index (χ4v) is 4.78. The van der Waals surface area contributed by atoms with Crippen molar-refractivity contribution in [3.05, 3.63) is 26.6 Å². The predicted octanol–water partition coefficient (Wildman–Crippen LogP) is 2.62. The molecule has 2 N–H and O–H groups in total. The highest BCUT2D eigenvalue weighted by Gasteiger charge is 2.21. The number of carbonyl (C=O) groups excluding carboxylic acids is 1. The summed E-state index contributed by atoms with van der Waals surface area (Å²) >= 11 is 3.11. The molecule has 5 nitrogen and oxygen atoms in total. The molecule has 1 amide bonds. The van der Waals surface area contributed by atoms with Crippen LogP contribution in [0.15, 0.2) is 4.79 Å². The Morgan fingerprint density at radius 3 is 2.91 bits per heavy atom. The third-order valence-corrected chi connectivity index (χ3v) is 5.74. The standard InChI is InChI=1S/C16H21N3O2S2/c1-16(2,3)19-12(20)8-22-7-11-17-14(21)13-9-5-4-6-10(9)23-15(13)18-11/h4-8H2,1-3H3,(H,19,20)(H,17,18,21). The minimum Gasteiger partial charge on any atom is -0.351 e. The van der Waals surface area contributed by atoms with Gasteiger partial charge < -0.3 is 10.3 Å². The molecule has 0 saturated carbocycles. The smallest absolute Gasteiger partial charge is 0.259 e. The number of fused-ring (bicyclic) bond motifs is 3. The molecule has 0 aromatic carbocycles. The zero-order valence-corrected chi connectivity index (χ0v) is 15.2. The number of thiophene rings is 1. The molecule has 0 unspecified atom stereocenters. The number of hydrogen-bond donors (Lipinski definition) is 2. The van der Waals surface area contributed by atoms with Crippen molar-refractivity contribution in [2.45, 2.75) is 51.3 Å². The average molecular weight is 351 g/mol. The van der Waals surface area contributed by atoms with Crippen LogP contribution in [0.25, 0.3) is 10.2 Å². The summed E-state index contributed by atoms with van der Waals surface area (Å²) in [5.74, 6) is 1.54. The molecule has 0 saturated heterocycles. The number of nitrogens with zero attached hydrogens (tertiary/aromatic N) is 1. The summed E-state index contributed by atoms with van der Waals surface area (Å²) in [4.78, 5) is 33.7. The Morgan fingerprint density at radius 2 is 2.17 bits per heavy atom. The first-order chi connectivity index (χ1) is 10.8. The van der Waals surface area contributed by atoms with E-state index < -0.39 is 0 Å². The maximum Gasteiger partial charge on any atom is 0.259 e. The minimum absolute atomic E-state index is 0.000949. The molecule has 3 rings (SSSR count). The van der Waals surface area contributed by atoms with Gasteiger partial charge in [0.2, 0.25) is 5.91 Å². The molecule has 124 valence electrons. The first-order valence-corrected chi connectivity index (χ1v) is 9.73. The van der Waals surface area contributed by atoms with Gasteiger partial charge in [0.15, 0.2) is 0 Å². The molecule has 1 aliphatic carbocycles. The second-order valence-corrected chi connectivity index (χ2v) is 8.91. The molecule has 2 aromatic rings. The van der Waals surface area contributed by atoms with Crippen LogP contribution in [0.3, 0.4) is 0 Å². The third-order valence-electron chi connectivity index (χ3n) is 3.61. The molecule has 2 heterocycles.